The highest BCUT2D eigenvalue weighted by molar-refractivity contribution is 7.89. The number of carbonyl (C=O) groups is 2. The van der Waals surface area contributed by atoms with Gasteiger partial charge in [0.2, 0.25) is 17.7 Å². The zero-order chi connectivity index (χ0) is 24.8. The summed E-state index contributed by atoms with van der Waals surface area (Å²) in [5.41, 5.74) is 0.777. The third-order valence-corrected chi connectivity index (χ3v) is 7.91. The first-order chi connectivity index (χ1) is 16.6. The number of urea groups is 1. The zero-order valence-corrected chi connectivity index (χ0v) is 19.7. The lowest BCUT2D eigenvalue weighted by molar-refractivity contribution is -0.123. The van der Waals surface area contributed by atoms with E-state index in [1.165, 1.54) is 30.5 Å². The van der Waals surface area contributed by atoms with Crippen molar-refractivity contribution in [3.63, 3.8) is 0 Å². The minimum absolute atomic E-state index is 0.0233. The molecule has 1 aromatic carbocycles. The predicted molar refractivity (Wildman–Crippen MR) is 122 cm³/mol. The standard InChI is InChI=1S/C21H17FN6O5S2/c1-21(19(29)25-20(30)26-21)8-16-27-28-17(33-16)9-35(31,32)10-18-24-13-3-2-11(6-14(13)34-18)12-4-5-23-15(22)7-12/h2-7H,8-10H2,1H3,(H2,25,26,29,30). The van der Waals surface area contributed by atoms with Crippen LogP contribution in [-0.4, -0.2) is 46.1 Å². The number of halogens is 1. The van der Waals surface area contributed by atoms with Crippen molar-refractivity contribution in [2.24, 2.45) is 0 Å². The second-order valence-corrected chi connectivity index (χ2v) is 11.4. The first-order valence-corrected chi connectivity index (χ1v) is 12.9. The Morgan fingerprint density at radius 2 is 1.86 bits per heavy atom. The number of aromatic nitrogens is 4. The molecule has 0 radical (unpaired) electrons. The molecule has 1 unspecified atom stereocenters. The molecule has 0 bridgehead atoms. The molecule has 35 heavy (non-hydrogen) atoms. The number of fused-ring (bicyclic) bond motifs is 1. The van der Waals surface area contributed by atoms with Crippen molar-refractivity contribution in [3.8, 4) is 11.1 Å². The number of rotatable bonds is 7. The molecule has 1 atom stereocenters. The first kappa shape index (κ1) is 23.0. The molecule has 1 aliphatic rings. The van der Waals surface area contributed by atoms with E-state index in [1.807, 2.05) is 6.07 Å². The zero-order valence-electron chi connectivity index (χ0n) is 18.1. The topological polar surface area (TPSA) is 157 Å². The third-order valence-electron chi connectivity index (χ3n) is 5.31. The van der Waals surface area contributed by atoms with Gasteiger partial charge in [-0.1, -0.05) is 6.07 Å². The van der Waals surface area contributed by atoms with E-state index in [0.717, 1.165) is 10.3 Å². The highest BCUT2D eigenvalue weighted by Crippen LogP contribution is 2.29. The van der Waals surface area contributed by atoms with Gasteiger partial charge in [-0.05, 0) is 36.2 Å². The lowest BCUT2D eigenvalue weighted by Crippen LogP contribution is -2.45. The summed E-state index contributed by atoms with van der Waals surface area (Å²) in [5, 5.41) is 12.5. The molecular weight excluding hydrogens is 499 g/mol. The molecule has 1 saturated heterocycles. The normalized spacial score (nSPS) is 18.1. The van der Waals surface area contributed by atoms with Gasteiger partial charge in [-0.15, -0.1) is 21.5 Å². The van der Waals surface area contributed by atoms with E-state index >= 15 is 0 Å². The minimum Gasteiger partial charge on any atom is -0.424 e. The number of hydrogen-bond donors (Lipinski definition) is 2. The summed E-state index contributed by atoms with van der Waals surface area (Å²) in [5.74, 6) is -2.07. The van der Waals surface area contributed by atoms with Gasteiger partial charge in [-0.25, -0.2) is 23.2 Å². The molecule has 0 aliphatic carbocycles. The van der Waals surface area contributed by atoms with E-state index in [2.05, 4.69) is 30.8 Å². The molecule has 3 aromatic heterocycles. The van der Waals surface area contributed by atoms with Gasteiger partial charge in [0.05, 0.1) is 16.6 Å². The van der Waals surface area contributed by atoms with Crippen LogP contribution in [0.3, 0.4) is 0 Å². The predicted octanol–water partition coefficient (Wildman–Crippen LogP) is 2.14. The molecule has 0 saturated carbocycles. The summed E-state index contributed by atoms with van der Waals surface area (Å²) < 4.78 is 45.1. The van der Waals surface area contributed by atoms with E-state index in [-0.39, 0.29) is 24.0 Å². The summed E-state index contributed by atoms with van der Waals surface area (Å²) in [6.07, 6.45) is 1.29. The SMILES string of the molecule is CC1(Cc2nnc(CS(=O)(=O)Cc3nc4ccc(-c5ccnc(F)c5)cc4s3)o2)NC(=O)NC1=O. The van der Waals surface area contributed by atoms with Gasteiger partial charge in [0, 0.05) is 12.3 Å². The summed E-state index contributed by atoms with van der Waals surface area (Å²) >= 11 is 1.22. The average molecular weight is 517 g/mol. The van der Waals surface area contributed by atoms with Crippen molar-refractivity contribution in [1.82, 2.24) is 30.8 Å². The van der Waals surface area contributed by atoms with Crippen molar-refractivity contribution in [3.05, 3.63) is 59.3 Å². The van der Waals surface area contributed by atoms with Crippen LogP contribution in [0.2, 0.25) is 0 Å². The number of benzene rings is 1. The molecule has 0 spiro atoms. The maximum absolute atomic E-state index is 13.5. The Balaban J connectivity index is 1.29. The summed E-state index contributed by atoms with van der Waals surface area (Å²) in [4.78, 5) is 31.3. The lowest BCUT2D eigenvalue weighted by atomic mass is 9.98. The van der Waals surface area contributed by atoms with Crippen molar-refractivity contribution < 1.29 is 26.8 Å². The monoisotopic (exact) mass is 516 g/mol. The van der Waals surface area contributed by atoms with Gasteiger partial charge in [-0.3, -0.25) is 10.1 Å². The number of sulfone groups is 1. The van der Waals surface area contributed by atoms with Gasteiger partial charge in [0.1, 0.15) is 22.1 Å². The van der Waals surface area contributed by atoms with Crippen LogP contribution in [0, 0.1) is 5.95 Å². The molecule has 2 N–H and O–H groups in total. The summed E-state index contributed by atoms with van der Waals surface area (Å²) in [6.45, 7) is 1.50. The Labute approximate surface area is 201 Å². The number of amides is 3. The number of carbonyl (C=O) groups excluding carboxylic acids is 2. The number of pyridine rings is 1. The molecule has 1 fully saturated rings. The van der Waals surface area contributed by atoms with E-state index in [1.54, 1.807) is 18.2 Å². The Morgan fingerprint density at radius 3 is 2.60 bits per heavy atom. The second kappa shape index (κ2) is 8.46. The number of thiazole rings is 1. The van der Waals surface area contributed by atoms with Gasteiger partial charge in [0.25, 0.3) is 5.91 Å². The third kappa shape index (κ3) is 4.88. The molecule has 14 heteroatoms. The van der Waals surface area contributed by atoms with Crippen molar-refractivity contribution >= 4 is 43.3 Å². The Hall–Kier alpha value is -3.78. The maximum atomic E-state index is 13.5. The molecular formula is C21H17FN6O5S2. The smallest absolute Gasteiger partial charge is 0.322 e. The van der Waals surface area contributed by atoms with Crippen LogP contribution in [0.5, 0.6) is 0 Å². The van der Waals surface area contributed by atoms with Crippen LogP contribution < -0.4 is 10.6 Å². The Kier molecular flexibility index (Phi) is 5.56. The van der Waals surface area contributed by atoms with Crippen molar-refractivity contribution in [2.45, 2.75) is 30.4 Å². The van der Waals surface area contributed by atoms with Gasteiger partial charge in [0.15, 0.2) is 9.84 Å². The van der Waals surface area contributed by atoms with E-state index in [9.17, 15) is 22.4 Å². The Morgan fingerprint density at radius 1 is 1.09 bits per heavy atom. The largest absolute Gasteiger partial charge is 0.424 e. The van der Waals surface area contributed by atoms with E-state index in [0.29, 0.717) is 16.1 Å². The quantitative estimate of drug-likeness (QED) is 0.277. The van der Waals surface area contributed by atoms with Crippen LogP contribution in [-0.2, 0) is 32.6 Å². The number of hydrogen-bond acceptors (Lipinski definition) is 10. The minimum atomic E-state index is -3.71. The van der Waals surface area contributed by atoms with Crippen molar-refractivity contribution in [1.29, 1.82) is 0 Å². The van der Waals surface area contributed by atoms with Gasteiger partial charge in [-0.2, -0.15) is 4.39 Å². The fraction of sp³-hybridized carbons (Fsp3) is 0.238. The molecule has 1 aliphatic heterocycles. The maximum Gasteiger partial charge on any atom is 0.322 e. The van der Waals surface area contributed by atoms with Crippen LogP contribution >= 0.6 is 11.3 Å². The highest BCUT2D eigenvalue weighted by Gasteiger charge is 2.43. The van der Waals surface area contributed by atoms with Crippen LogP contribution in [0.15, 0.2) is 40.9 Å². The van der Waals surface area contributed by atoms with Crippen molar-refractivity contribution in [2.75, 3.05) is 0 Å². The van der Waals surface area contributed by atoms with Gasteiger partial charge < -0.3 is 9.73 Å². The lowest BCUT2D eigenvalue weighted by Gasteiger charge is -2.17. The fourth-order valence-corrected chi connectivity index (χ4v) is 6.26. The second-order valence-electron chi connectivity index (χ2n) is 8.20. The fourth-order valence-electron chi connectivity index (χ4n) is 3.65. The van der Waals surface area contributed by atoms with Crippen LogP contribution in [0.25, 0.3) is 21.3 Å². The van der Waals surface area contributed by atoms with E-state index in [4.69, 9.17) is 4.42 Å². The van der Waals surface area contributed by atoms with Crippen LogP contribution in [0.4, 0.5) is 9.18 Å². The number of nitrogens with zero attached hydrogens (tertiary/aromatic N) is 4. The summed E-state index contributed by atoms with van der Waals surface area (Å²) in [6, 6.07) is 7.72. The average Bonchev–Trinajstić information content (AvgIpc) is 3.43. The molecule has 3 amide bonds. The number of nitrogens with one attached hydrogen (secondary N) is 2. The summed E-state index contributed by atoms with van der Waals surface area (Å²) in [7, 11) is -3.71. The molecule has 4 aromatic rings. The Bertz CT molecular complexity index is 1580. The van der Waals surface area contributed by atoms with Gasteiger partial charge >= 0.3 is 6.03 Å². The molecule has 11 nitrogen and oxygen atoms in total. The van der Waals surface area contributed by atoms with Crippen LogP contribution in [0.1, 0.15) is 23.7 Å². The number of imide groups is 1. The van der Waals surface area contributed by atoms with E-state index < -0.39 is 39.0 Å². The molecule has 5 rings (SSSR count). The molecule has 4 heterocycles. The first-order valence-electron chi connectivity index (χ1n) is 10.3. The highest BCUT2D eigenvalue weighted by atomic mass is 32.2. The molecule has 180 valence electrons.